The molecule has 0 atom stereocenters. The van der Waals surface area contributed by atoms with Gasteiger partial charge in [0.15, 0.2) is 5.78 Å². The second-order valence-electron chi connectivity index (χ2n) is 7.32. The molecule has 7 heteroatoms. The average Bonchev–Trinajstić information content (AvgIpc) is 2.84. The molecule has 0 spiro atoms. The SMILES string of the molecule is O=C(Nc1cccc(C(=O)N2CCOCC2)c1)c1ccccc1C(=O)c1ccc(F)cc1. The quantitative estimate of drug-likeness (QED) is 0.623. The smallest absolute Gasteiger partial charge is 0.256 e. The van der Waals surface area contributed by atoms with E-state index in [2.05, 4.69) is 5.32 Å². The van der Waals surface area contributed by atoms with Gasteiger partial charge in [-0.3, -0.25) is 14.4 Å². The van der Waals surface area contributed by atoms with Gasteiger partial charge in [0.25, 0.3) is 11.8 Å². The Morgan fingerprint density at radius 2 is 1.50 bits per heavy atom. The van der Waals surface area contributed by atoms with Gasteiger partial charge in [-0.05, 0) is 48.5 Å². The summed E-state index contributed by atoms with van der Waals surface area (Å²) >= 11 is 0. The molecule has 0 aromatic heterocycles. The predicted molar refractivity (Wildman–Crippen MR) is 117 cm³/mol. The Kier molecular flexibility index (Phi) is 6.37. The highest BCUT2D eigenvalue weighted by Crippen LogP contribution is 2.19. The first kappa shape index (κ1) is 21.4. The number of hydrogen-bond acceptors (Lipinski definition) is 4. The predicted octanol–water partition coefficient (Wildman–Crippen LogP) is 3.78. The molecule has 0 unspecified atom stereocenters. The number of ether oxygens (including phenoxy) is 1. The standard InChI is InChI=1S/C25H21FN2O4/c26-19-10-8-17(9-11-19)23(29)21-6-1-2-7-22(21)24(30)27-20-5-3-4-18(16-20)25(31)28-12-14-32-15-13-28/h1-11,16H,12-15H2,(H,27,30). The van der Waals surface area contributed by atoms with Crippen molar-refractivity contribution in [3.05, 3.63) is 101 Å². The van der Waals surface area contributed by atoms with Crippen molar-refractivity contribution in [2.24, 2.45) is 0 Å². The summed E-state index contributed by atoms with van der Waals surface area (Å²) in [5, 5.41) is 2.77. The molecule has 0 saturated carbocycles. The number of rotatable bonds is 5. The summed E-state index contributed by atoms with van der Waals surface area (Å²) in [6, 6.07) is 18.3. The maximum Gasteiger partial charge on any atom is 0.256 e. The van der Waals surface area contributed by atoms with Crippen molar-refractivity contribution >= 4 is 23.3 Å². The van der Waals surface area contributed by atoms with E-state index in [1.165, 1.54) is 24.3 Å². The zero-order chi connectivity index (χ0) is 22.5. The van der Waals surface area contributed by atoms with Crippen LogP contribution in [0.15, 0.2) is 72.8 Å². The number of amides is 2. The molecule has 1 saturated heterocycles. The molecular weight excluding hydrogens is 411 g/mol. The molecule has 1 N–H and O–H groups in total. The Balaban J connectivity index is 1.54. The minimum Gasteiger partial charge on any atom is -0.378 e. The van der Waals surface area contributed by atoms with Crippen molar-refractivity contribution < 1.29 is 23.5 Å². The van der Waals surface area contributed by atoms with Crippen LogP contribution in [0.25, 0.3) is 0 Å². The summed E-state index contributed by atoms with van der Waals surface area (Å²) < 4.78 is 18.5. The Labute approximate surface area is 184 Å². The highest BCUT2D eigenvalue weighted by Gasteiger charge is 2.21. The molecule has 2 amide bonds. The summed E-state index contributed by atoms with van der Waals surface area (Å²) in [5.41, 5.74) is 1.58. The fourth-order valence-corrected chi connectivity index (χ4v) is 3.51. The number of ketones is 1. The van der Waals surface area contributed by atoms with Crippen molar-refractivity contribution in [1.82, 2.24) is 4.90 Å². The lowest BCUT2D eigenvalue weighted by molar-refractivity contribution is 0.0303. The van der Waals surface area contributed by atoms with Crippen LogP contribution in [0.2, 0.25) is 0 Å². The number of halogens is 1. The van der Waals surface area contributed by atoms with Gasteiger partial charge in [0, 0.05) is 35.5 Å². The van der Waals surface area contributed by atoms with Crippen LogP contribution < -0.4 is 5.32 Å². The van der Waals surface area contributed by atoms with Gasteiger partial charge in [-0.25, -0.2) is 4.39 Å². The van der Waals surface area contributed by atoms with Crippen LogP contribution in [0, 0.1) is 5.82 Å². The van der Waals surface area contributed by atoms with Gasteiger partial charge in [-0.1, -0.05) is 24.3 Å². The molecule has 1 heterocycles. The van der Waals surface area contributed by atoms with Crippen LogP contribution in [-0.4, -0.2) is 48.8 Å². The fourth-order valence-electron chi connectivity index (χ4n) is 3.51. The lowest BCUT2D eigenvalue weighted by atomic mass is 9.98. The second-order valence-corrected chi connectivity index (χ2v) is 7.32. The van der Waals surface area contributed by atoms with Crippen molar-refractivity contribution in [2.45, 2.75) is 0 Å². The van der Waals surface area contributed by atoms with Crippen molar-refractivity contribution in [3.63, 3.8) is 0 Å². The van der Waals surface area contributed by atoms with E-state index in [0.29, 0.717) is 37.6 Å². The number of morpholine rings is 1. The topological polar surface area (TPSA) is 75.7 Å². The van der Waals surface area contributed by atoms with Crippen LogP contribution in [0.1, 0.15) is 36.6 Å². The van der Waals surface area contributed by atoms with E-state index in [4.69, 9.17) is 4.74 Å². The van der Waals surface area contributed by atoms with Crippen molar-refractivity contribution in [3.8, 4) is 0 Å². The number of carbonyl (C=O) groups excluding carboxylic acids is 3. The van der Waals surface area contributed by atoms with E-state index >= 15 is 0 Å². The summed E-state index contributed by atoms with van der Waals surface area (Å²) in [6.07, 6.45) is 0. The molecule has 162 valence electrons. The molecule has 4 rings (SSSR count). The van der Waals surface area contributed by atoms with Gasteiger partial charge in [-0.15, -0.1) is 0 Å². The van der Waals surface area contributed by atoms with Crippen LogP contribution in [0.4, 0.5) is 10.1 Å². The largest absolute Gasteiger partial charge is 0.378 e. The average molecular weight is 432 g/mol. The van der Waals surface area contributed by atoms with Gasteiger partial charge < -0.3 is 15.0 Å². The van der Waals surface area contributed by atoms with Gasteiger partial charge in [-0.2, -0.15) is 0 Å². The van der Waals surface area contributed by atoms with E-state index in [1.54, 1.807) is 53.4 Å². The first-order chi connectivity index (χ1) is 15.5. The monoisotopic (exact) mass is 432 g/mol. The van der Waals surface area contributed by atoms with Crippen LogP contribution in [0.3, 0.4) is 0 Å². The minimum atomic E-state index is -0.480. The normalized spacial score (nSPS) is 13.5. The van der Waals surface area contributed by atoms with Crippen LogP contribution in [0.5, 0.6) is 0 Å². The summed E-state index contributed by atoms with van der Waals surface area (Å²) in [5.74, 6) is -1.44. The molecule has 0 aliphatic carbocycles. The summed E-state index contributed by atoms with van der Waals surface area (Å²) in [7, 11) is 0. The molecule has 6 nitrogen and oxygen atoms in total. The van der Waals surface area contributed by atoms with E-state index in [1.807, 2.05) is 0 Å². The third-order valence-electron chi connectivity index (χ3n) is 5.19. The van der Waals surface area contributed by atoms with Gasteiger partial charge in [0.1, 0.15) is 5.82 Å². The number of benzene rings is 3. The van der Waals surface area contributed by atoms with E-state index in [9.17, 15) is 18.8 Å². The maximum absolute atomic E-state index is 13.2. The lowest BCUT2D eigenvalue weighted by Gasteiger charge is -2.27. The van der Waals surface area contributed by atoms with Gasteiger partial charge in [0.05, 0.1) is 18.8 Å². The molecule has 1 aliphatic heterocycles. The zero-order valence-electron chi connectivity index (χ0n) is 17.2. The summed E-state index contributed by atoms with van der Waals surface area (Å²) in [4.78, 5) is 40.3. The molecule has 32 heavy (non-hydrogen) atoms. The molecule has 3 aromatic rings. The number of anilines is 1. The Morgan fingerprint density at radius 1 is 0.812 bits per heavy atom. The first-order valence-electron chi connectivity index (χ1n) is 10.2. The van der Waals surface area contributed by atoms with Crippen molar-refractivity contribution in [2.75, 3.05) is 31.6 Å². The Hall–Kier alpha value is -3.84. The Bertz CT molecular complexity index is 1150. The van der Waals surface area contributed by atoms with Crippen LogP contribution in [-0.2, 0) is 4.74 Å². The molecule has 0 bridgehead atoms. The third kappa shape index (κ3) is 4.73. The molecule has 0 radical (unpaired) electrons. The Morgan fingerprint density at radius 3 is 2.22 bits per heavy atom. The third-order valence-corrected chi connectivity index (χ3v) is 5.19. The number of nitrogens with one attached hydrogen (secondary N) is 1. The zero-order valence-corrected chi connectivity index (χ0v) is 17.2. The van der Waals surface area contributed by atoms with Gasteiger partial charge in [0.2, 0.25) is 0 Å². The molecule has 1 fully saturated rings. The van der Waals surface area contributed by atoms with Crippen molar-refractivity contribution in [1.29, 1.82) is 0 Å². The van der Waals surface area contributed by atoms with E-state index in [-0.39, 0.29) is 28.4 Å². The molecule has 3 aromatic carbocycles. The maximum atomic E-state index is 13.2. The molecular formula is C25H21FN2O4. The number of nitrogens with zero attached hydrogens (tertiary/aromatic N) is 1. The fraction of sp³-hybridized carbons (Fsp3) is 0.160. The number of carbonyl (C=O) groups is 3. The highest BCUT2D eigenvalue weighted by molar-refractivity contribution is 6.17. The first-order valence-corrected chi connectivity index (χ1v) is 10.2. The number of hydrogen-bond donors (Lipinski definition) is 1. The summed E-state index contributed by atoms with van der Waals surface area (Å²) in [6.45, 7) is 2.05. The highest BCUT2D eigenvalue weighted by atomic mass is 19.1. The van der Waals surface area contributed by atoms with E-state index < -0.39 is 11.7 Å². The van der Waals surface area contributed by atoms with E-state index in [0.717, 1.165) is 0 Å². The van der Waals surface area contributed by atoms with Gasteiger partial charge >= 0.3 is 0 Å². The minimum absolute atomic E-state index is 0.128. The van der Waals surface area contributed by atoms with Crippen LogP contribution >= 0.6 is 0 Å². The molecule has 1 aliphatic rings. The second kappa shape index (κ2) is 9.53. The lowest BCUT2D eigenvalue weighted by Crippen LogP contribution is -2.40.